The van der Waals surface area contributed by atoms with E-state index in [1.165, 1.54) is 5.56 Å². The summed E-state index contributed by atoms with van der Waals surface area (Å²) >= 11 is 0. The first-order valence-electron chi connectivity index (χ1n) is 11.6. The van der Waals surface area contributed by atoms with Crippen LogP contribution in [0.4, 0.5) is 0 Å². The molecule has 6 rings (SSSR count). The van der Waals surface area contributed by atoms with Crippen LogP contribution in [-0.2, 0) is 13.6 Å². The molecule has 0 amide bonds. The number of allylic oxidation sites excluding steroid dienone is 1. The van der Waals surface area contributed by atoms with Crippen molar-refractivity contribution in [3.05, 3.63) is 100 Å². The first kappa shape index (κ1) is 20.8. The van der Waals surface area contributed by atoms with Gasteiger partial charge in [-0.3, -0.25) is 9.69 Å². The molecule has 1 aromatic heterocycles. The number of nitrogens with zero attached hydrogens (tertiary/aromatic N) is 2. The van der Waals surface area contributed by atoms with Crippen molar-refractivity contribution < 1.29 is 14.3 Å². The number of para-hydroxylation sites is 1. The molecule has 170 valence electrons. The lowest BCUT2D eigenvalue weighted by Crippen LogP contribution is -2.34. The monoisotopic (exact) mass is 450 g/mol. The van der Waals surface area contributed by atoms with Gasteiger partial charge in [0.25, 0.3) is 0 Å². The topological polar surface area (TPSA) is 43.7 Å². The standard InChI is InChI=1S/C29H26N2O3/c1-18-13-25-23(16-31(17-33-25)19(2)20-9-5-4-6-10-20)29-27(18)28(32)26(34-29)14-21-15-30(3)24-12-8-7-11-22(21)24/h4-15,19H,16-17H2,1-3H3/b26-14-. The summed E-state index contributed by atoms with van der Waals surface area (Å²) in [4.78, 5) is 15.7. The molecule has 3 heterocycles. The van der Waals surface area contributed by atoms with Crippen LogP contribution in [-0.4, -0.2) is 22.0 Å². The van der Waals surface area contributed by atoms with E-state index < -0.39 is 0 Å². The minimum Gasteiger partial charge on any atom is -0.478 e. The van der Waals surface area contributed by atoms with E-state index in [-0.39, 0.29) is 11.8 Å². The molecular weight excluding hydrogens is 424 g/mol. The van der Waals surface area contributed by atoms with E-state index >= 15 is 0 Å². The Labute approximate surface area is 198 Å². The number of ether oxygens (including phenoxy) is 2. The highest BCUT2D eigenvalue weighted by molar-refractivity contribution is 6.16. The number of Topliss-reactive ketones (excluding diaryl/α,β-unsaturated/α-hetero) is 1. The second kappa shape index (κ2) is 7.89. The van der Waals surface area contributed by atoms with Gasteiger partial charge in [0.1, 0.15) is 18.2 Å². The Morgan fingerprint density at radius 3 is 2.65 bits per heavy atom. The number of carbonyl (C=O) groups excluding carboxylic acids is 1. The lowest BCUT2D eigenvalue weighted by atomic mass is 9.98. The van der Waals surface area contributed by atoms with Gasteiger partial charge in [-0.05, 0) is 43.2 Å². The van der Waals surface area contributed by atoms with Crippen molar-refractivity contribution in [2.45, 2.75) is 26.4 Å². The van der Waals surface area contributed by atoms with Crippen molar-refractivity contribution in [1.82, 2.24) is 9.47 Å². The summed E-state index contributed by atoms with van der Waals surface area (Å²) in [6.07, 6.45) is 3.90. The molecule has 1 atom stereocenters. The van der Waals surface area contributed by atoms with Crippen LogP contribution in [0.25, 0.3) is 17.0 Å². The predicted molar refractivity (Wildman–Crippen MR) is 133 cm³/mol. The number of carbonyl (C=O) groups is 1. The predicted octanol–water partition coefficient (Wildman–Crippen LogP) is 6.02. The fourth-order valence-electron chi connectivity index (χ4n) is 5.07. The molecule has 0 radical (unpaired) electrons. The van der Waals surface area contributed by atoms with Crippen molar-refractivity contribution in [2.75, 3.05) is 6.73 Å². The molecule has 2 aliphatic rings. The van der Waals surface area contributed by atoms with Crippen LogP contribution in [0.15, 0.2) is 72.6 Å². The third-order valence-corrected chi connectivity index (χ3v) is 6.99. The molecular formula is C29H26N2O3. The average Bonchev–Trinajstić information content (AvgIpc) is 3.36. The normalized spacial score (nSPS) is 17.4. The zero-order valence-corrected chi connectivity index (χ0v) is 19.5. The van der Waals surface area contributed by atoms with Crippen molar-refractivity contribution >= 4 is 22.8 Å². The van der Waals surface area contributed by atoms with Gasteiger partial charge in [0.05, 0.1) is 11.1 Å². The van der Waals surface area contributed by atoms with Crippen LogP contribution in [0, 0.1) is 6.92 Å². The van der Waals surface area contributed by atoms with Crippen LogP contribution in [0.3, 0.4) is 0 Å². The molecule has 3 aromatic carbocycles. The molecule has 0 saturated heterocycles. The molecule has 0 N–H and O–H groups in total. The van der Waals surface area contributed by atoms with E-state index in [0.717, 1.165) is 33.3 Å². The molecule has 0 fully saturated rings. The van der Waals surface area contributed by atoms with Gasteiger partial charge in [0.15, 0.2) is 5.76 Å². The highest BCUT2D eigenvalue weighted by Crippen LogP contribution is 2.45. The molecule has 5 nitrogen and oxygen atoms in total. The summed E-state index contributed by atoms with van der Waals surface area (Å²) < 4.78 is 14.5. The number of aromatic nitrogens is 1. The summed E-state index contributed by atoms with van der Waals surface area (Å²) in [5.41, 5.74) is 5.77. The lowest BCUT2D eigenvalue weighted by molar-refractivity contribution is 0.0605. The number of fused-ring (bicyclic) bond motifs is 4. The fraction of sp³-hybridized carbons (Fsp3) is 0.207. The first-order valence-corrected chi connectivity index (χ1v) is 11.6. The van der Waals surface area contributed by atoms with E-state index in [0.29, 0.717) is 30.3 Å². The second-order valence-corrected chi connectivity index (χ2v) is 9.13. The van der Waals surface area contributed by atoms with E-state index in [9.17, 15) is 4.79 Å². The molecule has 2 aliphatic heterocycles. The Hall–Kier alpha value is -3.83. The van der Waals surface area contributed by atoms with Crippen LogP contribution < -0.4 is 9.47 Å². The largest absolute Gasteiger partial charge is 0.478 e. The molecule has 34 heavy (non-hydrogen) atoms. The number of benzene rings is 3. The smallest absolute Gasteiger partial charge is 0.232 e. The molecule has 0 saturated carbocycles. The number of aryl methyl sites for hydroxylation is 2. The van der Waals surface area contributed by atoms with Gasteiger partial charge in [-0.25, -0.2) is 0 Å². The van der Waals surface area contributed by atoms with Crippen molar-refractivity contribution in [3.63, 3.8) is 0 Å². The SMILES string of the molecule is Cc1cc2c(c3c1C(=O)/C(=C/c1cn(C)c4ccccc14)O3)CN(C(C)c1ccccc1)CO2. The van der Waals surface area contributed by atoms with Crippen LogP contribution in [0.5, 0.6) is 11.5 Å². The average molecular weight is 451 g/mol. The maximum atomic E-state index is 13.4. The zero-order chi connectivity index (χ0) is 23.4. The molecule has 0 aliphatic carbocycles. The Kier molecular flexibility index (Phi) is 4.82. The van der Waals surface area contributed by atoms with E-state index in [1.807, 2.05) is 50.5 Å². The van der Waals surface area contributed by atoms with Gasteiger partial charge in [-0.2, -0.15) is 0 Å². The van der Waals surface area contributed by atoms with Gasteiger partial charge < -0.3 is 14.0 Å². The van der Waals surface area contributed by atoms with Gasteiger partial charge in [-0.15, -0.1) is 0 Å². The molecule has 0 bridgehead atoms. The van der Waals surface area contributed by atoms with E-state index in [4.69, 9.17) is 9.47 Å². The molecule has 0 spiro atoms. The second-order valence-electron chi connectivity index (χ2n) is 9.13. The van der Waals surface area contributed by atoms with Crippen LogP contribution in [0.2, 0.25) is 0 Å². The Bertz CT molecular complexity index is 1470. The first-order chi connectivity index (χ1) is 16.5. The van der Waals surface area contributed by atoms with Gasteiger partial charge >= 0.3 is 0 Å². The number of ketones is 1. The van der Waals surface area contributed by atoms with Crippen LogP contribution in [0.1, 0.15) is 45.6 Å². The Morgan fingerprint density at radius 2 is 1.82 bits per heavy atom. The van der Waals surface area contributed by atoms with Gasteiger partial charge in [0, 0.05) is 42.3 Å². The minimum absolute atomic E-state index is 0.0727. The summed E-state index contributed by atoms with van der Waals surface area (Å²) in [5.74, 6) is 1.72. The lowest BCUT2D eigenvalue weighted by Gasteiger charge is -2.34. The number of hydrogen-bond donors (Lipinski definition) is 0. The fourth-order valence-corrected chi connectivity index (χ4v) is 5.07. The zero-order valence-electron chi connectivity index (χ0n) is 19.5. The summed E-state index contributed by atoms with van der Waals surface area (Å²) in [7, 11) is 2.01. The maximum Gasteiger partial charge on any atom is 0.232 e. The third-order valence-electron chi connectivity index (χ3n) is 6.99. The van der Waals surface area contributed by atoms with Gasteiger partial charge in [0.2, 0.25) is 5.78 Å². The Balaban J connectivity index is 1.38. The highest BCUT2D eigenvalue weighted by Gasteiger charge is 2.36. The molecule has 1 unspecified atom stereocenters. The van der Waals surface area contributed by atoms with Crippen LogP contribution >= 0.6 is 0 Å². The van der Waals surface area contributed by atoms with Crippen molar-refractivity contribution in [3.8, 4) is 11.5 Å². The third kappa shape index (κ3) is 3.24. The number of hydrogen-bond acceptors (Lipinski definition) is 4. The van der Waals surface area contributed by atoms with E-state index in [1.54, 1.807) is 0 Å². The summed E-state index contributed by atoms with van der Waals surface area (Å²) in [6, 6.07) is 20.7. The summed E-state index contributed by atoms with van der Waals surface area (Å²) in [5, 5.41) is 1.09. The minimum atomic E-state index is -0.0727. The van der Waals surface area contributed by atoms with E-state index in [2.05, 4.69) is 52.8 Å². The molecule has 4 aromatic rings. The summed E-state index contributed by atoms with van der Waals surface area (Å²) in [6.45, 7) is 5.27. The van der Waals surface area contributed by atoms with Crippen molar-refractivity contribution in [2.24, 2.45) is 7.05 Å². The number of rotatable bonds is 3. The maximum absolute atomic E-state index is 13.4. The molecule has 5 heteroatoms. The quantitative estimate of drug-likeness (QED) is 0.358. The van der Waals surface area contributed by atoms with Gasteiger partial charge in [-0.1, -0.05) is 48.5 Å². The Morgan fingerprint density at radius 1 is 1.06 bits per heavy atom. The van der Waals surface area contributed by atoms with Crippen molar-refractivity contribution in [1.29, 1.82) is 0 Å². The highest BCUT2D eigenvalue weighted by atomic mass is 16.5.